The highest BCUT2D eigenvalue weighted by Gasteiger charge is 2.08. The van der Waals surface area contributed by atoms with E-state index in [0.29, 0.717) is 13.0 Å². The number of aromatic nitrogens is 2. The van der Waals surface area contributed by atoms with Crippen LogP contribution < -0.4 is 4.90 Å². The third-order valence-electron chi connectivity index (χ3n) is 2.28. The molecule has 1 aromatic rings. The van der Waals surface area contributed by atoms with E-state index in [2.05, 4.69) is 14.7 Å². The lowest BCUT2D eigenvalue weighted by molar-refractivity contribution is -0.140. The molecule has 0 aliphatic carbocycles. The third-order valence-corrected chi connectivity index (χ3v) is 2.28. The lowest BCUT2D eigenvalue weighted by Crippen LogP contribution is -2.27. The standard InChI is InChI=1S/C11H17N3O2/c1-4-14(8-6-11(15)16-3)10-5-7-12-9(2)13-10/h5,7H,4,6,8H2,1-3H3. The van der Waals surface area contributed by atoms with Gasteiger partial charge >= 0.3 is 5.97 Å². The van der Waals surface area contributed by atoms with Gasteiger partial charge in [0.05, 0.1) is 13.5 Å². The molecule has 0 saturated heterocycles. The van der Waals surface area contributed by atoms with Crippen LogP contribution in [0.5, 0.6) is 0 Å². The molecule has 0 radical (unpaired) electrons. The first-order chi connectivity index (χ1) is 7.67. The fourth-order valence-corrected chi connectivity index (χ4v) is 1.38. The Morgan fingerprint density at radius 1 is 1.56 bits per heavy atom. The molecule has 0 aromatic carbocycles. The highest BCUT2D eigenvalue weighted by Crippen LogP contribution is 2.09. The van der Waals surface area contributed by atoms with E-state index in [1.807, 2.05) is 24.8 Å². The molecule has 1 heterocycles. The van der Waals surface area contributed by atoms with Gasteiger partial charge in [0.1, 0.15) is 11.6 Å². The number of hydrogen-bond acceptors (Lipinski definition) is 5. The number of carbonyl (C=O) groups is 1. The van der Waals surface area contributed by atoms with Crippen LogP contribution in [0.2, 0.25) is 0 Å². The highest BCUT2D eigenvalue weighted by molar-refractivity contribution is 5.69. The van der Waals surface area contributed by atoms with Crippen molar-refractivity contribution in [3.05, 3.63) is 18.1 Å². The van der Waals surface area contributed by atoms with E-state index in [-0.39, 0.29) is 5.97 Å². The molecule has 88 valence electrons. The Balaban J connectivity index is 2.64. The highest BCUT2D eigenvalue weighted by atomic mass is 16.5. The maximum Gasteiger partial charge on any atom is 0.307 e. The van der Waals surface area contributed by atoms with Crippen LogP contribution in [-0.2, 0) is 9.53 Å². The maximum atomic E-state index is 11.0. The quantitative estimate of drug-likeness (QED) is 0.701. The van der Waals surface area contributed by atoms with Gasteiger partial charge in [0.2, 0.25) is 0 Å². The number of rotatable bonds is 5. The summed E-state index contributed by atoms with van der Waals surface area (Å²) in [6.45, 7) is 5.28. The van der Waals surface area contributed by atoms with Gasteiger partial charge in [-0.1, -0.05) is 0 Å². The molecule has 0 N–H and O–H groups in total. The van der Waals surface area contributed by atoms with Crippen molar-refractivity contribution < 1.29 is 9.53 Å². The van der Waals surface area contributed by atoms with Crippen molar-refractivity contribution in [2.75, 3.05) is 25.1 Å². The number of nitrogens with zero attached hydrogens (tertiary/aromatic N) is 3. The van der Waals surface area contributed by atoms with Crippen LogP contribution in [0, 0.1) is 6.92 Å². The first-order valence-electron chi connectivity index (χ1n) is 5.28. The van der Waals surface area contributed by atoms with Gasteiger partial charge in [-0.05, 0) is 19.9 Å². The van der Waals surface area contributed by atoms with Crippen molar-refractivity contribution in [2.45, 2.75) is 20.3 Å². The summed E-state index contributed by atoms with van der Waals surface area (Å²) in [6, 6.07) is 1.84. The molecule has 0 bridgehead atoms. The van der Waals surface area contributed by atoms with E-state index in [4.69, 9.17) is 0 Å². The summed E-state index contributed by atoms with van der Waals surface area (Å²) in [5.74, 6) is 1.37. The average Bonchev–Trinajstić information content (AvgIpc) is 2.29. The molecule has 0 fully saturated rings. The summed E-state index contributed by atoms with van der Waals surface area (Å²) < 4.78 is 4.61. The molecule has 0 saturated carbocycles. The number of hydrogen-bond donors (Lipinski definition) is 0. The lowest BCUT2D eigenvalue weighted by Gasteiger charge is -2.21. The zero-order valence-electron chi connectivity index (χ0n) is 9.93. The summed E-state index contributed by atoms with van der Waals surface area (Å²) >= 11 is 0. The van der Waals surface area contributed by atoms with Crippen molar-refractivity contribution >= 4 is 11.8 Å². The summed E-state index contributed by atoms with van der Waals surface area (Å²) in [7, 11) is 1.40. The molecule has 16 heavy (non-hydrogen) atoms. The minimum absolute atomic E-state index is 0.204. The Morgan fingerprint density at radius 2 is 2.31 bits per heavy atom. The summed E-state index contributed by atoms with van der Waals surface area (Å²) in [6.07, 6.45) is 2.09. The Bertz CT molecular complexity index is 355. The largest absolute Gasteiger partial charge is 0.469 e. The Labute approximate surface area is 95.5 Å². The van der Waals surface area contributed by atoms with Gasteiger partial charge in [0.25, 0.3) is 0 Å². The molecule has 0 unspecified atom stereocenters. The molecule has 5 heteroatoms. The van der Waals surface area contributed by atoms with Crippen LogP contribution >= 0.6 is 0 Å². The average molecular weight is 223 g/mol. The second kappa shape index (κ2) is 6.05. The number of anilines is 1. The van der Waals surface area contributed by atoms with Gasteiger partial charge < -0.3 is 9.64 Å². The van der Waals surface area contributed by atoms with Crippen molar-refractivity contribution in [3.63, 3.8) is 0 Å². The van der Waals surface area contributed by atoms with Gasteiger partial charge in [-0.2, -0.15) is 0 Å². The molecular weight excluding hydrogens is 206 g/mol. The molecule has 0 amide bonds. The molecule has 0 aliphatic heterocycles. The smallest absolute Gasteiger partial charge is 0.307 e. The van der Waals surface area contributed by atoms with Crippen molar-refractivity contribution in [1.82, 2.24) is 9.97 Å². The van der Waals surface area contributed by atoms with Crippen LogP contribution in [0.15, 0.2) is 12.3 Å². The van der Waals surface area contributed by atoms with Gasteiger partial charge in [0, 0.05) is 19.3 Å². The summed E-state index contributed by atoms with van der Waals surface area (Å²) in [5, 5.41) is 0. The van der Waals surface area contributed by atoms with Crippen LogP contribution in [0.25, 0.3) is 0 Å². The van der Waals surface area contributed by atoms with Crippen LogP contribution in [0.1, 0.15) is 19.2 Å². The number of carbonyl (C=O) groups excluding carboxylic acids is 1. The van der Waals surface area contributed by atoms with Gasteiger partial charge in [-0.25, -0.2) is 9.97 Å². The van der Waals surface area contributed by atoms with Crippen LogP contribution in [0.4, 0.5) is 5.82 Å². The van der Waals surface area contributed by atoms with E-state index in [0.717, 1.165) is 18.2 Å². The molecule has 5 nitrogen and oxygen atoms in total. The van der Waals surface area contributed by atoms with Gasteiger partial charge in [-0.15, -0.1) is 0 Å². The van der Waals surface area contributed by atoms with Gasteiger partial charge in [0.15, 0.2) is 0 Å². The number of ether oxygens (including phenoxy) is 1. The Hall–Kier alpha value is -1.65. The Morgan fingerprint density at radius 3 is 2.88 bits per heavy atom. The molecule has 1 rings (SSSR count). The fraction of sp³-hybridized carbons (Fsp3) is 0.545. The first-order valence-corrected chi connectivity index (χ1v) is 5.28. The number of methoxy groups -OCH3 is 1. The lowest BCUT2D eigenvalue weighted by atomic mass is 10.3. The number of esters is 1. The molecule has 0 aliphatic rings. The topological polar surface area (TPSA) is 55.3 Å². The van der Waals surface area contributed by atoms with Crippen LogP contribution in [0.3, 0.4) is 0 Å². The van der Waals surface area contributed by atoms with E-state index >= 15 is 0 Å². The molecule has 0 spiro atoms. The van der Waals surface area contributed by atoms with E-state index < -0.39 is 0 Å². The van der Waals surface area contributed by atoms with E-state index in [1.165, 1.54) is 7.11 Å². The van der Waals surface area contributed by atoms with Crippen molar-refractivity contribution in [1.29, 1.82) is 0 Å². The molecule has 1 aromatic heterocycles. The summed E-state index contributed by atoms with van der Waals surface area (Å²) in [5.41, 5.74) is 0. The Kier molecular flexibility index (Phi) is 4.69. The summed E-state index contributed by atoms with van der Waals surface area (Å²) in [4.78, 5) is 21.4. The minimum Gasteiger partial charge on any atom is -0.469 e. The SMILES string of the molecule is CCN(CCC(=O)OC)c1ccnc(C)n1. The van der Waals surface area contributed by atoms with Crippen molar-refractivity contribution in [2.24, 2.45) is 0 Å². The first kappa shape index (κ1) is 12.4. The third kappa shape index (κ3) is 3.49. The fourth-order valence-electron chi connectivity index (χ4n) is 1.38. The van der Waals surface area contributed by atoms with E-state index in [9.17, 15) is 4.79 Å². The van der Waals surface area contributed by atoms with Gasteiger partial charge in [-0.3, -0.25) is 4.79 Å². The van der Waals surface area contributed by atoms with E-state index in [1.54, 1.807) is 6.20 Å². The number of aryl methyl sites for hydroxylation is 1. The predicted octanol–water partition coefficient (Wildman–Crippen LogP) is 1.17. The molecular formula is C11H17N3O2. The van der Waals surface area contributed by atoms with Crippen LogP contribution in [-0.4, -0.2) is 36.1 Å². The maximum absolute atomic E-state index is 11.0. The monoisotopic (exact) mass is 223 g/mol. The second-order valence-electron chi connectivity index (χ2n) is 3.37. The zero-order chi connectivity index (χ0) is 12.0. The van der Waals surface area contributed by atoms with Crippen molar-refractivity contribution in [3.8, 4) is 0 Å². The zero-order valence-corrected chi connectivity index (χ0v) is 9.93. The second-order valence-corrected chi connectivity index (χ2v) is 3.37. The minimum atomic E-state index is -0.204. The predicted molar refractivity (Wildman–Crippen MR) is 61.3 cm³/mol. The molecule has 0 atom stereocenters. The normalized spacial score (nSPS) is 9.94.